The number of rotatable bonds is 4. The van der Waals surface area contributed by atoms with Crippen molar-refractivity contribution in [2.24, 2.45) is 13.0 Å². The van der Waals surface area contributed by atoms with Crippen molar-refractivity contribution in [2.45, 2.75) is 38.5 Å². The van der Waals surface area contributed by atoms with Crippen LogP contribution >= 0.6 is 0 Å². The van der Waals surface area contributed by atoms with E-state index in [2.05, 4.69) is 5.10 Å². The summed E-state index contributed by atoms with van der Waals surface area (Å²) in [5.41, 5.74) is 1.22. The number of hydrogen-bond acceptors (Lipinski definition) is 2. The Hall–Kier alpha value is -1.32. The lowest BCUT2D eigenvalue weighted by molar-refractivity contribution is 0.0695. The van der Waals surface area contributed by atoms with E-state index < -0.39 is 5.97 Å². The van der Waals surface area contributed by atoms with Gasteiger partial charge in [-0.05, 0) is 18.8 Å². The molecule has 16 heavy (non-hydrogen) atoms. The summed E-state index contributed by atoms with van der Waals surface area (Å²) >= 11 is 0. The van der Waals surface area contributed by atoms with Crippen LogP contribution in [-0.4, -0.2) is 20.9 Å². The maximum atomic E-state index is 11.0. The van der Waals surface area contributed by atoms with Crippen LogP contribution in [0.4, 0.5) is 0 Å². The Labute approximate surface area is 95.3 Å². The van der Waals surface area contributed by atoms with Crippen LogP contribution in [0.2, 0.25) is 0 Å². The van der Waals surface area contributed by atoms with Crippen LogP contribution < -0.4 is 0 Å². The minimum absolute atomic E-state index is 0.362. The van der Waals surface area contributed by atoms with Gasteiger partial charge in [-0.2, -0.15) is 5.10 Å². The first-order valence-corrected chi connectivity index (χ1v) is 5.92. The predicted molar refractivity (Wildman–Crippen MR) is 60.4 cm³/mol. The first-order chi connectivity index (χ1) is 7.68. The average molecular weight is 222 g/mol. The van der Waals surface area contributed by atoms with E-state index in [1.54, 1.807) is 4.68 Å². The van der Waals surface area contributed by atoms with Crippen LogP contribution in [-0.2, 0) is 13.5 Å². The standard InChI is InChI=1S/C12H18N2O2/c1-14-11(10(8-13-14)12(15)16)7-6-9-4-2-3-5-9/h8-9H,2-7H2,1H3,(H,15,16). The van der Waals surface area contributed by atoms with Gasteiger partial charge in [-0.25, -0.2) is 4.79 Å². The molecule has 1 aromatic heterocycles. The Bertz CT molecular complexity index is 378. The molecule has 0 atom stereocenters. The van der Waals surface area contributed by atoms with Crippen molar-refractivity contribution in [1.29, 1.82) is 0 Å². The average Bonchev–Trinajstić information content (AvgIpc) is 2.84. The molecule has 0 amide bonds. The van der Waals surface area contributed by atoms with Crippen LogP contribution in [0.3, 0.4) is 0 Å². The zero-order valence-electron chi connectivity index (χ0n) is 9.65. The SMILES string of the molecule is Cn1ncc(C(=O)O)c1CCC1CCCC1. The Morgan fingerprint density at radius 3 is 2.88 bits per heavy atom. The normalized spacial score (nSPS) is 16.8. The van der Waals surface area contributed by atoms with Crippen molar-refractivity contribution >= 4 is 5.97 Å². The maximum absolute atomic E-state index is 11.0. The van der Waals surface area contributed by atoms with Crippen molar-refractivity contribution in [1.82, 2.24) is 9.78 Å². The fourth-order valence-electron chi connectivity index (χ4n) is 2.58. The van der Waals surface area contributed by atoms with Gasteiger partial charge in [0.25, 0.3) is 0 Å². The fourth-order valence-corrected chi connectivity index (χ4v) is 2.58. The summed E-state index contributed by atoms with van der Waals surface area (Å²) in [7, 11) is 1.82. The molecule has 1 N–H and O–H groups in total. The molecule has 0 unspecified atom stereocenters. The lowest BCUT2D eigenvalue weighted by Crippen LogP contribution is -2.07. The Balaban J connectivity index is 2.02. The number of carboxylic acid groups (broad SMARTS) is 1. The summed E-state index contributed by atoms with van der Waals surface area (Å²) in [5.74, 6) is -0.0777. The zero-order chi connectivity index (χ0) is 11.5. The fraction of sp³-hybridized carbons (Fsp3) is 0.667. The third-order valence-corrected chi connectivity index (χ3v) is 3.56. The van der Waals surface area contributed by atoms with Gasteiger partial charge in [-0.3, -0.25) is 4.68 Å². The van der Waals surface area contributed by atoms with E-state index in [1.807, 2.05) is 7.05 Å². The largest absolute Gasteiger partial charge is 0.478 e. The summed E-state index contributed by atoms with van der Waals surface area (Å²) in [4.78, 5) is 11.0. The predicted octanol–water partition coefficient (Wildman–Crippen LogP) is 2.24. The van der Waals surface area contributed by atoms with Gasteiger partial charge in [0, 0.05) is 7.05 Å². The zero-order valence-corrected chi connectivity index (χ0v) is 9.65. The second-order valence-corrected chi connectivity index (χ2v) is 4.62. The molecule has 0 bridgehead atoms. The Kier molecular flexibility index (Phi) is 3.27. The van der Waals surface area contributed by atoms with Crippen LogP contribution in [0.25, 0.3) is 0 Å². The summed E-state index contributed by atoms with van der Waals surface area (Å²) in [6.07, 6.45) is 8.67. The highest BCUT2D eigenvalue weighted by Gasteiger charge is 2.19. The van der Waals surface area contributed by atoms with Gasteiger partial charge in [0.1, 0.15) is 5.56 Å². The number of nitrogens with zero attached hydrogens (tertiary/aromatic N) is 2. The van der Waals surface area contributed by atoms with E-state index in [0.717, 1.165) is 24.5 Å². The molecule has 2 rings (SSSR count). The molecule has 0 aliphatic heterocycles. The third kappa shape index (κ3) is 2.26. The highest BCUT2D eigenvalue weighted by Crippen LogP contribution is 2.29. The maximum Gasteiger partial charge on any atom is 0.339 e. The van der Waals surface area contributed by atoms with E-state index in [9.17, 15) is 4.79 Å². The molecular formula is C12H18N2O2. The molecule has 4 heteroatoms. The molecule has 4 nitrogen and oxygen atoms in total. The van der Waals surface area contributed by atoms with Gasteiger partial charge in [0.05, 0.1) is 11.9 Å². The summed E-state index contributed by atoms with van der Waals surface area (Å²) < 4.78 is 1.69. The van der Waals surface area contributed by atoms with Gasteiger partial charge in [-0.15, -0.1) is 0 Å². The number of carbonyl (C=O) groups is 1. The van der Waals surface area contributed by atoms with E-state index in [1.165, 1.54) is 31.9 Å². The summed E-state index contributed by atoms with van der Waals surface area (Å²) in [6.45, 7) is 0. The Morgan fingerprint density at radius 1 is 1.56 bits per heavy atom. The van der Waals surface area contributed by atoms with Gasteiger partial charge in [0.2, 0.25) is 0 Å². The van der Waals surface area contributed by atoms with E-state index in [0.29, 0.717) is 5.56 Å². The summed E-state index contributed by atoms with van der Waals surface area (Å²) in [5, 5.41) is 13.0. The second kappa shape index (κ2) is 4.68. The van der Waals surface area contributed by atoms with Gasteiger partial charge >= 0.3 is 5.97 Å². The smallest absolute Gasteiger partial charge is 0.339 e. The first-order valence-electron chi connectivity index (χ1n) is 5.92. The summed E-state index contributed by atoms with van der Waals surface area (Å²) in [6, 6.07) is 0. The number of aryl methyl sites for hydroxylation is 1. The molecule has 0 saturated heterocycles. The lowest BCUT2D eigenvalue weighted by Gasteiger charge is -2.09. The number of hydrogen-bond donors (Lipinski definition) is 1. The number of aromatic carboxylic acids is 1. The minimum atomic E-state index is -0.866. The minimum Gasteiger partial charge on any atom is -0.478 e. The molecule has 88 valence electrons. The molecule has 1 fully saturated rings. The van der Waals surface area contributed by atoms with Crippen LogP contribution in [0.1, 0.15) is 48.2 Å². The highest BCUT2D eigenvalue weighted by molar-refractivity contribution is 5.88. The lowest BCUT2D eigenvalue weighted by atomic mass is 9.99. The van der Waals surface area contributed by atoms with Crippen molar-refractivity contribution < 1.29 is 9.90 Å². The molecule has 0 aromatic carbocycles. The molecule has 1 aliphatic carbocycles. The highest BCUT2D eigenvalue weighted by atomic mass is 16.4. The second-order valence-electron chi connectivity index (χ2n) is 4.62. The van der Waals surface area contributed by atoms with E-state index in [4.69, 9.17) is 5.11 Å². The van der Waals surface area contributed by atoms with Gasteiger partial charge in [0.15, 0.2) is 0 Å². The molecular weight excluding hydrogens is 204 g/mol. The van der Waals surface area contributed by atoms with Gasteiger partial charge in [-0.1, -0.05) is 25.7 Å². The quantitative estimate of drug-likeness (QED) is 0.850. The van der Waals surface area contributed by atoms with Crippen molar-refractivity contribution in [3.8, 4) is 0 Å². The molecule has 1 heterocycles. The topological polar surface area (TPSA) is 55.1 Å². The van der Waals surface area contributed by atoms with E-state index >= 15 is 0 Å². The first kappa shape index (κ1) is 11.2. The van der Waals surface area contributed by atoms with E-state index in [-0.39, 0.29) is 0 Å². The van der Waals surface area contributed by atoms with Gasteiger partial charge < -0.3 is 5.11 Å². The molecule has 1 aliphatic rings. The molecule has 1 saturated carbocycles. The molecule has 0 radical (unpaired) electrons. The molecule has 1 aromatic rings. The number of aromatic nitrogens is 2. The van der Waals surface area contributed by atoms with Crippen LogP contribution in [0, 0.1) is 5.92 Å². The third-order valence-electron chi connectivity index (χ3n) is 3.56. The monoisotopic (exact) mass is 222 g/mol. The Morgan fingerprint density at radius 2 is 2.25 bits per heavy atom. The van der Waals surface area contributed by atoms with Crippen molar-refractivity contribution in [2.75, 3.05) is 0 Å². The van der Waals surface area contributed by atoms with Crippen LogP contribution in [0.5, 0.6) is 0 Å². The van der Waals surface area contributed by atoms with Crippen molar-refractivity contribution in [3.63, 3.8) is 0 Å². The number of carboxylic acids is 1. The molecule has 0 spiro atoms. The van der Waals surface area contributed by atoms with Crippen LogP contribution in [0.15, 0.2) is 6.20 Å². The van der Waals surface area contributed by atoms with Crippen molar-refractivity contribution in [3.05, 3.63) is 17.5 Å².